The summed E-state index contributed by atoms with van der Waals surface area (Å²) in [4.78, 5) is 15.7. The van der Waals surface area contributed by atoms with Crippen LogP contribution in [0.3, 0.4) is 0 Å². The lowest BCUT2D eigenvalue weighted by Crippen LogP contribution is -2.17. The maximum Gasteiger partial charge on any atom is 0.573 e. The van der Waals surface area contributed by atoms with E-state index in [0.717, 1.165) is 12.1 Å². The molecule has 26 heavy (non-hydrogen) atoms. The Hall–Kier alpha value is -3.10. The van der Waals surface area contributed by atoms with Gasteiger partial charge < -0.3 is 14.8 Å². The van der Waals surface area contributed by atoms with Gasteiger partial charge in [0.1, 0.15) is 11.6 Å². The summed E-state index contributed by atoms with van der Waals surface area (Å²) < 4.78 is 59.1. The number of aliphatic imine (C=N–C) groups is 1. The lowest BCUT2D eigenvalue weighted by molar-refractivity contribution is -0.274. The second-order valence-electron chi connectivity index (χ2n) is 4.83. The number of urea groups is 1. The van der Waals surface area contributed by atoms with Crippen LogP contribution in [0.2, 0.25) is 0 Å². The van der Waals surface area contributed by atoms with Crippen LogP contribution in [0.15, 0.2) is 53.5 Å². The van der Waals surface area contributed by atoms with Gasteiger partial charge in [-0.2, -0.15) is 4.99 Å². The van der Waals surface area contributed by atoms with Crippen LogP contribution < -0.4 is 10.1 Å². The Morgan fingerprint density at radius 3 is 2.35 bits per heavy atom. The second-order valence-corrected chi connectivity index (χ2v) is 4.83. The van der Waals surface area contributed by atoms with Crippen LogP contribution in [0.25, 0.3) is 0 Å². The van der Waals surface area contributed by atoms with E-state index in [1.54, 1.807) is 13.0 Å². The number of amides is 2. The van der Waals surface area contributed by atoms with Crippen molar-refractivity contribution < 1.29 is 31.8 Å². The first-order valence-corrected chi connectivity index (χ1v) is 7.41. The molecule has 0 fully saturated rings. The van der Waals surface area contributed by atoms with Crippen molar-refractivity contribution >= 4 is 17.6 Å². The molecular formula is C17H14F4N2O3. The molecule has 9 heteroatoms. The summed E-state index contributed by atoms with van der Waals surface area (Å²) in [5, 5.41) is 2.34. The van der Waals surface area contributed by atoms with Gasteiger partial charge in [0, 0.05) is 5.69 Å². The molecular weight excluding hydrogens is 356 g/mol. The molecule has 2 amide bonds. The van der Waals surface area contributed by atoms with E-state index in [-0.39, 0.29) is 23.8 Å². The summed E-state index contributed by atoms with van der Waals surface area (Å²) >= 11 is 0. The van der Waals surface area contributed by atoms with Crippen LogP contribution in [0.4, 0.5) is 28.0 Å². The smallest absolute Gasteiger partial charge is 0.477 e. The summed E-state index contributed by atoms with van der Waals surface area (Å²) in [6.45, 7) is 1.80. The van der Waals surface area contributed by atoms with Gasteiger partial charge >= 0.3 is 12.4 Å². The third-order valence-electron chi connectivity index (χ3n) is 2.93. The van der Waals surface area contributed by atoms with Gasteiger partial charge in [-0.3, -0.25) is 0 Å². The zero-order valence-electron chi connectivity index (χ0n) is 13.5. The standard InChI is InChI=1S/C17H14F4N2O3/c1-2-25-15(13-5-3-4-6-14(13)18)23-16(24)22-11-7-9-12(10-8-11)26-17(19,20)21/h3-10H,2H2,1H3,(H,22,24). The molecule has 0 aliphatic rings. The van der Waals surface area contributed by atoms with E-state index in [2.05, 4.69) is 15.0 Å². The van der Waals surface area contributed by atoms with Gasteiger partial charge in [0.2, 0.25) is 5.90 Å². The molecule has 0 unspecified atom stereocenters. The minimum atomic E-state index is -4.80. The molecule has 0 radical (unpaired) electrons. The Kier molecular flexibility index (Phi) is 6.16. The number of carbonyl (C=O) groups excluding carboxylic acids is 1. The van der Waals surface area contributed by atoms with Crippen molar-refractivity contribution in [1.82, 2.24) is 0 Å². The van der Waals surface area contributed by atoms with Gasteiger partial charge in [0.05, 0.1) is 12.2 Å². The number of ether oxygens (including phenoxy) is 2. The molecule has 2 aromatic carbocycles. The number of carbonyl (C=O) groups is 1. The zero-order valence-corrected chi connectivity index (χ0v) is 13.5. The van der Waals surface area contributed by atoms with Gasteiger partial charge in [-0.05, 0) is 43.3 Å². The van der Waals surface area contributed by atoms with Crippen LogP contribution in [-0.4, -0.2) is 24.9 Å². The van der Waals surface area contributed by atoms with Crippen molar-refractivity contribution in [1.29, 1.82) is 0 Å². The lowest BCUT2D eigenvalue weighted by Gasteiger charge is -2.10. The molecule has 0 saturated carbocycles. The van der Waals surface area contributed by atoms with Crippen molar-refractivity contribution in [3.8, 4) is 5.75 Å². The minimum Gasteiger partial charge on any atom is -0.477 e. The van der Waals surface area contributed by atoms with Crippen molar-refractivity contribution in [2.75, 3.05) is 11.9 Å². The molecule has 0 aromatic heterocycles. The topological polar surface area (TPSA) is 59.9 Å². The van der Waals surface area contributed by atoms with E-state index in [1.807, 2.05) is 0 Å². The van der Waals surface area contributed by atoms with Gasteiger partial charge in [-0.25, -0.2) is 9.18 Å². The monoisotopic (exact) mass is 370 g/mol. The van der Waals surface area contributed by atoms with Gasteiger partial charge in [0.15, 0.2) is 0 Å². The fraction of sp³-hybridized carbons (Fsp3) is 0.176. The summed E-state index contributed by atoms with van der Waals surface area (Å²) in [7, 11) is 0. The third-order valence-corrected chi connectivity index (χ3v) is 2.93. The number of anilines is 1. The fourth-order valence-electron chi connectivity index (χ4n) is 1.93. The van der Waals surface area contributed by atoms with E-state index in [1.165, 1.54) is 30.3 Å². The average Bonchev–Trinajstić information content (AvgIpc) is 2.55. The first-order valence-electron chi connectivity index (χ1n) is 7.41. The number of alkyl halides is 3. The SMILES string of the molecule is CCOC(=NC(=O)Nc1ccc(OC(F)(F)F)cc1)c1ccccc1F. The Balaban J connectivity index is 2.12. The van der Waals surface area contributed by atoms with E-state index in [0.29, 0.717) is 0 Å². The zero-order chi connectivity index (χ0) is 19.2. The molecule has 0 aliphatic heterocycles. The number of halogens is 4. The molecule has 0 spiro atoms. The van der Waals surface area contributed by atoms with Crippen LogP contribution in [-0.2, 0) is 4.74 Å². The molecule has 2 rings (SSSR count). The quantitative estimate of drug-likeness (QED) is 0.480. The lowest BCUT2D eigenvalue weighted by atomic mass is 10.2. The highest BCUT2D eigenvalue weighted by Gasteiger charge is 2.30. The van der Waals surface area contributed by atoms with Gasteiger partial charge in [-0.1, -0.05) is 12.1 Å². The van der Waals surface area contributed by atoms with Crippen molar-refractivity contribution in [3.63, 3.8) is 0 Å². The van der Waals surface area contributed by atoms with Crippen LogP contribution in [0.5, 0.6) is 5.75 Å². The second kappa shape index (κ2) is 8.32. The summed E-state index contributed by atoms with van der Waals surface area (Å²) in [5.41, 5.74) is 0.191. The van der Waals surface area contributed by atoms with E-state index in [9.17, 15) is 22.4 Å². The molecule has 138 valence electrons. The summed E-state index contributed by atoms with van der Waals surface area (Å²) in [6, 6.07) is 9.25. The van der Waals surface area contributed by atoms with E-state index in [4.69, 9.17) is 4.74 Å². The predicted octanol–water partition coefficient (Wildman–Crippen LogP) is 4.74. The van der Waals surface area contributed by atoms with Crippen LogP contribution >= 0.6 is 0 Å². The molecule has 0 aliphatic carbocycles. The highest BCUT2D eigenvalue weighted by molar-refractivity contribution is 6.04. The third kappa shape index (κ3) is 5.76. The van der Waals surface area contributed by atoms with Gasteiger partial charge in [-0.15, -0.1) is 13.2 Å². The van der Waals surface area contributed by atoms with Gasteiger partial charge in [0.25, 0.3) is 0 Å². The number of nitrogens with one attached hydrogen (secondary N) is 1. The minimum absolute atomic E-state index is 0.0124. The van der Waals surface area contributed by atoms with E-state index >= 15 is 0 Å². The Morgan fingerprint density at radius 2 is 1.77 bits per heavy atom. The van der Waals surface area contributed by atoms with Crippen LogP contribution in [0.1, 0.15) is 12.5 Å². The van der Waals surface area contributed by atoms with Crippen molar-refractivity contribution in [3.05, 3.63) is 59.9 Å². The average molecular weight is 370 g/mol. The number of hydrogen-bond acceptors (Lipinski definition) is 3. The summed E-state index contributed by atoms with van der Waals surface area (Å²) in [6.07, 6.45) is -4.80. The summed E-state index contributed by atoms with van der Waals surface area (Å²) in [5.74, 6) is -1.25. The first-order chi connectivity index (χ1) is 12.3. The number of rotatable bonds is 4. The highest BCUT2D eigenvalue weighted by atomic mass is 19.4. The van der Waals surface area contributed by atoms with Crippen LogP contribution in [0, 0.1) is 5.82 Å². The molecule has 5 nitrogen and oxygen atoms in total. The fourth-order valence-corrected chi connectivity index (χ4v) is 1.93. The Labute approximate surface area is 146 Å². The maximum absolute atomic E-state index is 13.8. The molecule has 0 atom stereocenters. The number of benzene rings is 2. The predicted molar refractivity (Wildman–Crippen MR) is 86.7 cm³/mol. The number of hydrogen-bond donors (Lipinski definition) is 1. The molecule has 0 bridgehead atoms. The van der Waals surface area contributed by atoms with Crippen molar-refractivity contribution in [2.45, 2.75) is 13.3 Å². The Bertz CT molecular complexity index is 789. The van der Waals surface area contributed by atoms with E-state index < -0.39 is 24.0 Å². The number of nitrogens with zero attached hydrogens (tertiary/aromatic N) is 1. The molecule has 2 aromatic rings. The largest absolute Gasteiger partial charge is 0.573 e. The first kappa shape index (κ1) is 19.2. The highest BCUT2D eigenvalue weighted by Crippen LogP contribution is 2.24. The normalized spacial score (nSPS) is 11.8. The van der Waals surface area contributed by atoms with Crippen molar-refractivity contribution in [2.24, 2.45) is 4.99 Å². The molecule has 0 heterocycles. The maximum atomic E-state index is 13.8. The Morgan fingerprint density at radius 1 is 1.12 bits per heavy atom. The molecule has 1 N–H and O–H groups in total. The molecule has 0 saturated heterocycles.